The number of carbonyl (C=O) groups excluding carboxylic acids is 1. The molecule has 0 aliphatic heterocycles. The summed E-state index contributed by atoms with van der Waals surface area (Å²) in [6.07, 6.45) is 4.26. The highest BCUT2D eigenvalue weighted by atomic mass is 16.6. The molecule has 1 unspecified atom stereocenters. The zero-order valence-electron chi connectivity index (χ0n) is 16.1. The first-order valence-electron chi connectivity index (χ1n) is 9.43. The van der Waals surface area contributed by atoms with Gasteiger partial charge in [0.15, 0.2) is 0 Å². The van der Waals surface area contributed by atoms with Gasteiger partial charge < -0.3 is 5.32 Å². The minimum Gasteiger partial charge on any atom is -0.322 e. The van der Waals surface area contributed by atoms with Crippen molar-refractivity contribution in [1.82, 2.24) is 0 Å². The summed E-state index contributed by atoms with van der Waals surface area (Å²) in [6, 6.07) is 11.7. The molecule has 7 nitrogen and oxygen atoms in total. The van der Waals surface area contributed by atoms with Crippen molar-refractivity contribution in [3.8, 4) is 0 Å². The predicted octanol–water partition coefficient (Wildman–Crippen LogP) is 5.13. The third kappa shape index (κ3) is 4.73. The van der Waals surface area contributed by atoms with Crippen molar-refractivity contribution in [3.05, 3.63) is 63.7 Å². The Morgan fingerprint density at radius 3 is 2.61 bits per heavy atom. The van der Waals surface area contributed by atoms with Crippen LogP contribution in [0.2, 0.25) is 0 Å². The van der Waals surface area contributed by atoms with Crippen LogP contribution in [-0.2, 0) is 0 Å². The third-order valence-electron chi connectivity index (χ3n) is 4.97. The molecule has 0 radical (unpaired) electrons. The molecule has 0 saturated heterocycles. The van der Waals surface area contributed by atoms with Gasteiger partial charge in [0.1, 0.15) is 5.69 Å². The first-order valence-corrected chi connectivity index (χ1v) is 9.43. The van der Waals surface area contributed by atoms with Crippen LogP contribution in [0.1, 0.15) is 48.5 Å². The molecular formula is C21H24N4O3. The second kappa shape index (κ2) is 8.65. The maximum absolute atomic E-state index is 12.5. The van der Waals surface area contributed by atoms with Crippen LogP contribution in [0.5, 0.6) is 0 Å². The van der Waals surface area contributed by atoms with E-state index in [1.807, 2.05) is 19.1 Å². The number of anilines is 2. The fourth-order valence-electron chi connectivity index (χ4n) is 3.23. The van der Waals surface area contributed by atoms with Gasteiger partial charge in [0.25, 0.3) is 11.6 Å². The molecule has 1 fully saturated rings. The van der Waals surface area contributed by atoms with Crippen molar-refractivity contribution >= 4 is 28.7 Å². The molecule has 28 heavy (non-hydrogen) atoms. The molecule has 1 saturated carbocycles. The molecule has 0 spiro atoms. The van der Waals surface area contributed by atoms with Crippen molar-refractivity contribution in [2.45, 2.75) is 39.5 Å². The van der Waals surface area contributed by atoms with Gasteiger partial charge in [0, 0.05) is 23.0 Å². The van der Waals surface area contributed by atoms with Crippen LogP contribution in [-0.4, -0.2) is 16.5 Å². The summed E-state index contributed by atoms with van der Waals surface area (Å²) in [5.74, 6) is -0.0226. The van der Waals surface area contributed by atoms with E-state index >= 15 is 0 Å². The zero-order valence-corrected chi connectivity index (χ0v) is 16.1. The highest BCUT2D eigenvalue weighted by Gasteiger charge is 2.19. The SMILES string of the molecule is Cc1ccc(NC(=O)c2ccc(N/N=C3/CCCCC3C)c([N+](=O)[O-])c2)cc1. The van der Waals surface area contributed by atoms with Gasteiger partial charge in [0.05, 0.1) is 4.92 Å². The first kappa shape index (κ1) is 19.5. The van der Waals surface area contributed by atoms with Gasteiger partial charge in [0.2, 0.25) is 0 Å². The molecular weight excluding hydrogens is 356 g/mol. The maximum Gasteiger partial charge on any atom is 0.294 e. The number of rotatable bonds is 5. The summed E-state index contributed by atoms with van der Waals surface area (Å²) in [5.41, 5.74) is 5.90. The number of hydrogen-bond acceptors (Lipinski definition) is 5. The number of hydrogen-bond donors (Lipinski definition) is 2. The quantitative estimate of drug-likeness (QED) is 0.555. The Hall–Kier alpha value is -3.22. The van der Waals surface area contributed by atoms with E-state index in [1.165, 1.54) is 18.6 Å². The van der Waals surface area contributed by atoms with Crippen LogP contribution in [0.3, 0.4) is 0 Å². The second-order valence-electron chi connectivity index (χ2n) is 7.17. The molecule has 0 heterocycles. The number of amides is 1. The Labute approximate surface area is 164 Å². The van der Waals surface area contributed by atoms with E-state index in [-0.39, 0.29) is 16.9 Å². The van der Waals surface area contributed by atoms with Gasteiger partial charge >= 0.3 is 0 Å². The lowest BCUT2D eigenvalue weighted by Gasteiger charge is -2.20. The molecule has 1 atom stereocenters. The largest absolute Gasteiger partial charge is 0.322 e. The monoisotopic (exact) mass is 380 g/mol. The van der Waals surface area contributed by atoms with Crippen molar-refractivity contribution in [1.29, 1.82) is 0 Å². The van der Waals surface area contributed by atoms with Crippen LogP contribution in [0, 0.1) is 23.0 Å². The van der Waals surface area contributed by atoms with Crippen molar-refractivity contribution < 1.29 is 9.72 Å². The maximum atomic E-state index is 12.5. The van der Waals surface area contributed by atoms with Gasteiger partial charge in [-0.3, -0.25) is 20.3 Å². The van der Waals surface area contributed by atoms with E-state index in [4.69, 9.17) is 0 Å². The molecule has 2 N–H and O–H groups in total. The van der Waals surface area contributed by atoms with Crippen molar-refractivity contribution in [2.24, 2.45) is 11.0 Å². The van der Waals surface area contributed by atoms with E-state index in [0.717, 1.165) is 30.5 Å². The summed E-state index contributed by atoms with van der Waals surface area (Å²) >= 11 is 0. The topological polar surface area (TPSA) is 96.6 Å². The molecule has 2 aromatic rings. The van der Waals surface area contributed by atoms with Crippen LogP contribution < -0.4 is 10.7 Å². The van der Waals surface area contributed by atoms with Crippen molar-refractivity contribution in [2.75, 3.05) is 10.7 Å². The van der Waals surface area contributed by atoms with Gasteiger partial charge in [-0.1, -0.05) is 31.0 Å². The summed E-state index contributed by atoms with van der Waals surface area (Å²) in [4.78, 5) is 23.4. The molecule has 1 aliphatic carbocycles. The highest BCUT2D eigenvalue weighted by Crippen LogP contribution is 2.27. The van der Waals surface area contributed by atoms with E-state index in [0.29, 0.717) is 11.6 Å². The van der Waals surface area contributed by atoms with E-state index in [1.54, 1.807) is 18.2 Å². The van der Waals surface area contributed by atoms with E-state index in [2.05, 4.69) is 22.8 Å². The lowest BCUT2D eigenvalue weighted by molar-refractivity contribution is -0.384. The molecule has 1 amide bonds. The van der Waals surface area contributed by atoms with Gasteiger partial charge in [-0.2, -0.15) is 5.10 Å². The molecule has 3 rings (SSSR count). The Kier molecular flexibility index (Phi) is 6.03. The van der Waals surface area contributed by atoms with E-state index in [9.17, 15) is 14.9 Å². The Morgan fingerprint density at radius 1 is 1.18 bits per heavy atom. The number of nitrogens with zero attached hydrogens (tertiary/aromatic N) is 2. The standard InChI is InChI=1S/C21H24N4O3/c1-14-7-10-17(11-8-14)22-21(26)16-9-12-19(20(13-16)25(27)28)24-23-18-6-4-3-5-15(18)2/h7-13,15,24H,3-6H2,1-2H3,(H,22,26)/b23-18-. The second-order valence-corrected chi connectivity index (χ2v) is 7.17. The van der Waals surface area contributed by atoms with Crippen LogP contribution in [0.15, 0.2) is 47.6 Å². The Bertz CT molecular complexity index is 906. The lowest BCUT2D eigenvalue weighted by Crippen LogP contribution is -2.17. The molecule has 146 valence electrons. The van der Waals surface area contributed by atoms with E-state index < -0.39 is 10.8 Å². The minimum absolute atomic E-state index is 0.177. The average molecular weight is 380 g/mol. The summed E-state index contributed by atoms with van der Waals surface area (Å²) in [6.45, 7) is 4.07. The number of benzene rings is 2. The average Bonchev–Trinajstić information content (AvgIpc) is 2.69. The number of hydrazone groups is 1. The fourth-order valence-corrected chi connectivity index (χ4v) is 3.23. The number of nitro groups is 1. The number of carbonyl (C=O) groups is 1. The van der Waals surface area contributed by atoms with Gasteiger partial charge in [-0.15, -0.1) is 0 Å². The zero-order chi connectivity index (χ0) is 20.1. The smallest absolute Gasteiger partial charge is 0.294 e. The summed E-state index contributed by atoms with van der Waals surface area (Å²) < 4.78 is 0. The predicted molar refractivity (Wildman–Crippen MR) is 111 cm³/mol. The van der Waals surface area contributed by atoms with Gasteiger partial charge in [-0.25, -0.2) is 0 Å². The molecule has 0 aromatic heterocycles. The number of nitrogens with one attached hydrogen (secondary N) is 2. The highest BCUT2D eigenvalue weighted by molar-refractivity contribution is 6.05. The van der Waals surface area contributed by atoms with Crippen LogP contribution >= 0.6 is 0 Å². The third-order valence-corrected chi connectivity index (χ3v) is 4.97. The van der Waals surface area contributed by atoms with Crippen molar-refractivity contribution in [3.63, 3.8) is 0 Å². The van der Waals surface area contributed by atoms with Crippen LogP contribution in [0.25, 0.3) is 0 Å². The fraction of sp³-hybridized carbons (Fsp3) is 0.333. The Balaban J connectivity index is 1.78. The Morgan fingerprint density at radius 2 is 1.93 bits per heavy atom. The van der Waals surface area contributed by atoms with Crippen LogP contribution in [0.4, 0.5) is 17.1 Å². The molecule has 0 bridgehead atoms. The summed E-state index contributed by atoms with van der Waals surface area (Å²) in [5, 5.41) is 18.6. The normalized spacial score (nSPS) is 17.9. The summed E-state index contributed by atoms with van der Waals surface area (Å²) in [7, 11) is 0. The number of aryl methyl sites for hydroxylation is 1. The first-order chi connectivity index (χ1) is 13.4. The minimum atomic E-state index is -0.504. The molecule has 7 heteroatoms. The van der Waals surface area contributed by atoms with Gasteiger partial charge in [-0.05, 0) is 56.4 Å². The number of nitro benzene ring substituents is 1. The molecule has 2 aromatic carbocycles. The molecule has 1 aliphatic rings. The lowest BCUT2D eigenvalue weighted by atomic mass is 9.89.